The fraction of sp³-hybridized carbons (Fsp3) is 0.543. The van der Waals surface area contributed by atoms with Crippen LogP contribution in [0.1, 0.15) is 56.0 Å². The number of epoxide rings is 2. The van der Waals surface area contributed by atoms with E-state index in [0.717, 1.165) is 11.1 Å². The summed E-state index contributed by atoms with van der Waals surface area (Å²) in [5.41, 5.74) is -1.85. The van der Waals surface area contributed by atoms with Crippen LogP contribution in [0.3, 0.4) is 0 Å². The Labute approximate surface area is 273 Å². The van der Waals surface area contributed by atoms with Crippen molar-refractivity contribution in [2.75, 3.05) is 13.7 Å². The average Bonchev–Trinajstić information content (AvgIpc) is 3.96. The van der Waals surface area contributed by atoms with Gasteiger partial charge in [-0.1, -0.05) is 51.1 Å². The van der Waals surface area contributed by atoms with Gasteiger partial charge in [-0.25, -0.2) is 9.59 Å². The Morgan fingerprint density at radius 2 is 1.81 bits per heavy atom. The minimum absolute atomic E-state index is 0.105. The molecule has 0 aromatic heterocycles. The van der Waals surface area contributed by atoms with E-state index in [0.29, 0.717) is 24.8 Å². The fourth-order valence-corrected chi connectivity index (χ4v) is 10.5. The third-order valence-corrected chi connectivity index (χ3v) is 13.2. The first-order chi connectivity index (χ1) is 22.3. The van der Waals surface area contributed by atoms with Crippen molar-refractivity contribution in [3.63, 3.8) is 0 Å². The van der Waals surface area contributed by atoms with Gasteiger partial charge < -0.3 is 28.8 Å². The maximum atomic E-state index is 14.0. The number of benzene rings is 2. The van der Waals surface area contributed by atoms with Gasteiger partial charge in [0.25, 0.3) is 10.1 Å². The van der Waals surface area contributed by atoms with Crippen LogP contribution in [-0.2, 0) is 49.4 Å². The summed E-state index contributed by atoms with van der Waals surface area (Å²) in [6, 6.07) is 14.8. The Kier molecular flexibility index (Phi) is 6.76. The van der Waals surface area contributed by atoms with Crippen LogP contribution >= 0.6 is 0 Å². The highest BCUT2D eigenvalue weighted by Crippen LogP contribution is 2.80. The number of ether oxygens (including phenoxy) is 5. The molecule has 47 heavy (non-hydrogen) atoms. The number of hydrogen-bond donors (Lipinski definition) is 1. The molecule has 0 amide bonds. The van der Waals surface area contributed by atoms with E-state index in [1.807, 2.05) is 44.2 Å². The van der Waals surface area contributed by atoms with Crippen molar-refractivity contribution in [1.82, 2.24) is 0 Å². The molecule has 0 unspecified atom stereocenters. The van der Waals surface area contributed by atoms with Crippen LogP contribution in [0.4, 0.5) is 0 Å². The maximum absolute atomic E-state index is 14.0. The van der Waals surface area contributed by atoms with Crippen LogP contribution in [0.25, 0.3) is 0 Å². The lowest BCUT2D eigenvalue weighted by Crippen LogP contribution is -2.77. The number of hydrogen-bond acceptors (Lipinski definition) is 11. The standard InChI is InChI=1S/C35H38O11S/c1-19(2)33(38)27(46-47(39,40)22-12-10-21(11-13-22)29(36)41-4)28-35(45-28)32(3)15-14-23-24(18-42-30(23)37)25(32)16-26-34(35,44-26)31(33)43-17-20-8-6-5-7-9-20/h5-13,19,25-28,31,38H,14-18H2,1-4H3/t25-,26-,27+,28-,31+,32-,33-,34+,35+/m0/s1. The summed E-state index contributed by atoms with van der Waals surface area (Å²) in [6.07, 6.45) is -1.91. The molecule has 0 bridgehead atoms. The van der Waals surface area contributed by atoms with Crippen molar-refractivity contribution in [3.8, 4) is 0 Å². The summed E-state index contributed by atoms with van der Waals surface area (Å²) in [5.74, 6) is -1.54. The molecular weight excluding hydrogens is 628 g/mol. The quantitative estimate of drug-likeness (QED) is 0.251. The molecule has 3 aliphatic carbocycles. The van der Waals surface area contributed by atoms with Gasteiger partial charge in [0, 0.05) is 11.0 Å². The first kappa shape index (κ1) is 31.2. The lowest BCUT2D eigenvalue weighted by atomic mass is 9.45. The number of rotatable bonds is 8. The topological polar surface area (TPSA) is 150 Å². The minimum atomic E-state index is -4.49. The van der Waals surface area contributed by atoms with Gasteiger partial charge in [0.05, 0.1) is 30.3 Å². The molecule has 11 nitrogen and oxygen atoms in total. The number of cyclic esters (lactones) is 1. The fourth-order valence-electron chi connectivity index (χ4n) is 9.44. The molecule has 6 aliphatic rings. The highest BCUT2D eigenvalue weighted by Gasteiger charge is 2.97. The van der Waals surface area contributed by atoms with Crippen LogP contribution in [-0.4, -0.2) is 80.4 Å². The molecular formula is C35H38O11S. The van der Waals surface area contributed by atoms with Gasteiger partial charge in [0.1, 0.15) is 36.1 Å². The molecule has 1 N–H and O–H groups in total. The SMILES string of the molecule is COC(=O)c1ccc(S(=O)(=O)O[C@@H]2[C@@H]3O[C@]34[C@]3(O[C@H]3C[C@H]3C5=C(CC[C@@]34C)C(=O)OC5)[C@H](OCc3ccccc3)[C@]2(O)C(C)C)cc1. The lowest BCUT2D eigenvalue weighted by molar-refractivity contribution is -0.236. The first-order valence-corrected chi connectivity index (χ1v) is 17.5. The van der Waals surface area contributed by atoms with Crippen molar-refractivity contribution < 1.29 is 51.0 Å². The van der Waals surface area contributed by atoms with Crippen molar-refractivity contribution in [1.29, 1.82) is 0 Å². The third kappa shape index (κ3) is 4.00. The maximum Gasteiger partial charge on any atom is 0.337 e. The summed E-state index contributed by atoms with van der Waals surface area (Å²) in [6.45, 7) is 6.10. The predicted molar refractivity (Wildman–Crippen MR) is 163 cm³/mol. The van der Waals surface area contributed by atoms with Gasteiger partial charge >= 0.3 is 11.9 Å². The number of aliphatic hydroxyl groups is 1. The second kappa shape index (κ2) is 10.2. The Hall–Kier alpha value is -3.13. The van der Waals surface area contributed by atoms with Crippen molar-refractivity contribution in [2.45, 2.75) is 92.8 Å². The highest BCUT2D eigenvalue weighted by molar-refractivity contribution is 7.86. The van der Waals surface area contributed by atoms with Gasteiger partial charge in [-0.2, -0.15) is 8.42 Å². The summed E-state index contributed by atoms with van der Waals surface area (Å²) in [7, 11) is -3.25. The van der Waals surface area contributed by atoms with Gasteiger partial charge in [-0.15, -0.1) is 0 Å². The third-order valence-electron chi connectivity index (χ3n) is 11.9. The Bertz CT molecular complexity index is 1790. The predicted octanol–water partition coefficient (Wildman–Crippen LogP) is 3.48. The van der Waals surface area contributed by atoms with Crippen LogP contribution in [0.2, 0.25) is 0 Å². The molecule has 2 aromatic carbocycles. The van der Waals surface area contributed by atoms with E-state index in [1.165, 1.54) is 31.4 Å². The smallest absolute Gasteiger partial charge is 0.337 e. The largest absolute Gasteiger partial charge is 0.465 e. The number of esters is 2. The molecule has 3 aliphatic heterocycles. The van der Waals surface area contributed by atoms with Crippen LogP contribution in [0.15, 0.2) is 70.6 Å². The van der Waals surface area contributed by atoms with E-state index in [4.69, 9.17) is 27.9 Å². The lowest BCUT2D eigenvalue weighted by Gasteiger charge is -2.58. The molecule has 4 fully saturated rings. The zero-order valence-corrected chi connectivity index (χ0v) is 27.5. The monoisotopic (exact) mass is 666 g/mol. The Morgan fingerprint density at radius 3 is 2.49 bits per heavy atom. The number of carbonyl (C=O) groups is 2. The summed E-state index contributed by atoms with van der Waals surface area (Å²) < 4.78 is 64.4. The molecule has 2 saturated carbocycles. The molecule has 8 rings (SSSR count). The van der Waals surface area contributed by atoms with E-state index < -0.39 is 62.5 Å². The zero-order valence-electron chi connectivity index (χ0n) is 26.6. The second-order valence-electron chi connectivity index (χ2n) is 14.2. The van der Waals surface area contributed by atoms with Gasteiger partial charge in [0.15, 0.2) is 5.60 Å². The number of methoxy groups -OCH3 is 1. The van der Waals surface area contributed by atoms with Crippen LogP contribution in [0, 0.1) is 17.3 Å². The normalized spacial score (nSPS) is 39.6. The van der Waals surface area contributed by atoms with E-state index in [9.17, 15) is 23.1 Å². The Morgan fingerprint density at radius 1 is 1.09 bits per heavy atom. The van der Waals surface area contributed by atoms with Crippen LogP contribution in [0.5, 0.6) is 0 Å². The summed E-state index contributed by atoms with van der Waals surface area (Å²) >= 11 is 0. The van der Waals surface area contributed by atoms with Gasteiger partial charge in [0.2, 0.25) is 0 Å². The van der Waals surface area contributed by atoms with Crippen molar-refractivity contribution in [3.05, 3.63) is 76.9 Å². The Balaban J connectivity index is 1.23. The zero-order chi connectivity index (χ0) is 33.1. The van der Waals surface area contributed by atoms with E-state index in [-0.39, 0.29) is 41.7 Å². The number of fused-ring (bicyclic) bond motifs is 2. The molecule has 9 atom stereocenters. The van der Waals surface area contributed by atoms with E-state index in [2.05, 4.69) is 6.92 Å². The van der Waals surface area contributed by atoms with Crippen LogP contribution < -0.4 is 0 Å². The average molecular weight is 667 g/mol. The molecule has 2 saturated heterocycles. The number of carbonyl (C=O) groups excluding carboxylic acids is 2. The molecule has 0 radical (unpaired) electrons. The van der Waals surface area contributed by atoms with Crippen molar-refractivity contribution >= 4 is 22.1 Å². The second-order valence-corrected chi connectivity index (χ2v) is 15.7. The molecule has 2 spiro atoms. The van der Waals surface area contributed by atoms with Crippen molar-refractivity contribution in [2.24, 2.45) is 17.3 Å². The van der Waals surface area contributed by atoms with Gasteiger partial charge in [-0.05, 0) is 66.5 Å². The first-order valence-electron chi connectivity index (χ1n) is 16.1. The van der Waals surface area contributed by atoms with Gasteiger partial charge in [-0.3, -0.25) is 4.18 Å². The minimum Gasteiger partial charge on any atom is -0.465 e. The summed E-state index contributed by atoms with van der Waals surface area (Å²) in [4.78, 5) is 24.4. The summed E-state index contributed by atoms with van der Waals surface area (Å²) in [5, 5.41) is 12.9. The molecule has 3 heterocycles. The van der Waals surface area contributed by atoms with E-state index in [1.54, 1.807) is 0 Å². The highest BCUT2D eigenvalue weighted by atomic mass is 32.2. The molecule has 250 valence electrons. The molecule has 2 aromatic rings. The van der Waals surface area contributed by atoms with E-state index >= 15 is 0 Å². The molecule has 12 heteroatoms.